The van der Waals surface area contributed by atoms with Crippen LogP contribution >= 0.6 is 0 Å². The van der Waals surface area contributed by atoms with Crippen LogP contribution < -0.4 is 4.57 Å². The van der Waals surface area contributed by atoms with Gasteiger partial charge in [-0.05, 0) is 18.6 Å². The molecule has 3 nitrogen and oxygen atoms in total. The zero-order chi connectivity index (χ0) is 16.5. The van der Waals surface area contributed by atoms with Gasteiger partial charge in [-0.1, -0.05) is 63.8 Å². The third kappa shape index (κ3) is 4.68. The second kappa shape index (κ2) is 9.51. The monoisotopic (exact) mass is 315 g/mol. The minimum Gasteiger partial charge on any atom is -0.342 e. The largest absolute Gasteiger partial charge is 0.342 e. The highest BCUT2D eigenvalue weighted by Gasteiger charge is 2.19. The molecule has 0 saturated carbocycles. The topological polar surface area (TPSA) is 18.0 Å². The number of rotatable bonds is 11. The molecule has 0 radical (unpaired) electrons. The summed E-state index contributed by atoms with van der Waals surface area (Å²) < 4.78 is 10.5. The standard InChI is InChI=1S/C20H31N2O/c1-4-6-7-8-9-12-16-23-17-22-18(3)21(15-5-2)19-13-10-11-14-20(19)22/h5,10-11,13-14H,2,4,6-9,12,15-17H2,1,3H3/q+1. The van der Waals surface area contributed by atoms with Crippen molar-refractivity contribution in [3.05, 3.63) is 42.7 Å². The fourth-order valence-electron chi connectivity index (χ4n) is 3.08. The number of unbranched alkanes of at least 4 members (excludes halogenated alkanes) is 5. The van der Waals surface area contributed by atoms with E-state index in [0.29, 0.717) is 6.73 Å². The fourth-order valence-corrected chi connectivity index (χ4v) is 3.08. The highest BCUT2D eigenvalue weighted by atomic mass is 16.5. The molecule has 0 unspecified atom stereocenters. The van der Waals surface area contributed by atoms with Gasteiger partial charge in [-0.2, -0.15) is 0 Å². The quantitative estimate of drug-likeness (QED) is 0.332. The average Bonchev–Trinajstić information content (AvgIpc) is 2.83. The van der Waals surface area contributed by atoms with Gasteiger partial charge < -0.3 is 4.74 Å². The molecule has 0 aliphatic rings. The maximum atomic E-state index is 5.93. The number of ether oxygens (including phenoxy) is 1. The molecular weight excluding hydrogens is 284 g/mol. The van der Waals surface area contributed by atoms with E-state index < -0.39 is 0 Å². The van der Waals surface area contributed by atoms with Gasteiger partial charge in [-0.15, -0.1) is 0 Å². The highest BCUT2D eigenvalue weighted by molar-refractivity contribution is 5.72. The number of hydrogen-bond donors (Lipinski definition) is 0. The van der Waals surface area contributed by atoms with Gasteiger partial charge >= 0.3 is 0 Å². The van der Waals surface area contributed by atoms with E-state index in [1.165, 1.54) is 49.0 Å². The van der Waals surface area contributed by atoms with Crippen LogP contribution in [0.25, 0.3) is 11.0 Å². The second-order valence-electron chi connectivity index (χ2n) is 6.17. The summed E-state index contributed by atoms with van der Waals surface area (Å²) in [6.07, 6.45) is 9.75. The summed E-state index contributed by atoms with van der Waals surface area (Å²) in [6.45, 7) is 10.6. The van der Waals surface area contributed by atoms with Gasteiger partial charge in [0.15, 0.2) is 17.8 Å². The van der Waals surface area contributed by atoms with Crippen molar-refractivity contribution in [3.8, 4) is 0 Å². The van der Waals surface area contributed by atoms with Gasteiger partial charge in [-0.25, -0.2) is 9.13 Å². The molecule has 0 atom stereocenters. The Bertz CT molecular complexity index is 615. The smallest absolute Gasteiger partial charge is 0.256 e. The molecular formula is C20H31N2O+. The first kappa shape index (κ1) is 17.7. The van der Waals surface area contributed by atoms with Crippen LogP contribution in [0.15, 0.2) is 36.9 Å². The number of allylic oxidation sites excluding steroid dienone is 1. The third-order valence-electron chi connectivity index (χ3n) is 4.42. The van der Waals surface area contributed by atoms with Crippen LogP contribution in [0.3, 0.4) is 0 Å². The minimum absolute atomic E-state index is 0.630. The molecule has 0 amide bonds. The first-order valence-corrected chi connectivity index (χ1v) is 8.96. The molecule has 0 aliphatic heterocycles. The molecule has 2 aromatic rings. The van der Waals surface area contributed by atoms with E-state index in [2.05, 4.69) is 53.8 Å². The maximum absolute atomic E-state index is 5.93. The summed E-state index contributed by atoms with van der Waals surface area (Å²) >= 11 is 0. The van der Waals surface area contributed by atoms with E-state index in [0.717, 1.165) is 19.6 Å². The summed E-state index contributed by atoms with van der Waals surface area (Å²) in [4.78, 5) is 0. The summed E-state index contributed by atoms with van der Waals surface area (Å²) in [5.74, 6) is 1.22. The van der Waals surface area contributed by atoms with Gasteiger partial charge in [-0.3, -0.25) is 0 Å². The van der Waals surface area contributed by atoms with Crippen LogP contribution in [-0.2, 0) is 18.0 Å². The number of nitrogens with zero attached hydrogens (tertiary/aromatic N) is 2. The number of fused-ring (bicyclic) bond motifs is 1. The summed E-state index contributed by atoms with van der Waals surface area (Å²) in [7, 11) is 0. The molecule has 126 valence electrons. The van der Waals surface area contributed by atoms with Crippen LogP contribution in [0.2, 0.25) is 0 Å². The summed E-state index contributed by atoms with van der Waals surface area (Å²) in [5, 5.41) is 0. The van der Waals surface area contributed by atoms with E-state index >= 15 is 0 Å². The highest BCUT2D eigenvalue weighted by Crippen LogP contribution is 2.14. The Balaban J connectivity index is 1.90. The Morgan fingerprint density at radius 3 is 2.65 bits per heavy atom. The van der Waals surface area contributed by atoms with Crippen molar-refractivity contribution in [2.45, 2.75) is 65.6 Å². The van der Waals surface area contributed by atoms with Crippen molar-refractivity contribution in [3.63, 3.8) is 0 Å². The molecule has 23 heavy (non-hydrogen) atoms. The number of para-hydroxylation sites is 2. The van der Waals surface area contributed by atoms with Crippen LogP contribution in [0.4, 0.5) is 0 Å². The predicted octanol–water partition coefficient (Wildman–Crippen LogP) is 4.76. The molecule has 1 heterocycles. The number of benzene rings is 1. The average molecular weight is 315 g/mol. The zero-order valence-corrected chi connectivity index (χ0v) is 14.8. The van der Waals surface area contributed by atoms with Gasteiger partial charge in [0.2, 0.25) is 0 Å². The maximum Gasteiger partial charge on any atom is 0.256 e. The number of hydrogen-bond acceptors (Lipinski definition) is 1. The van der Waals surface area contributed by atoms with Crippen molar-refractivity contribution in [1.82, 2.24) is 4.57 Å². The molecule has 0 fully saturated rings. The van der Waals surface area contributed by atoms with E-state index in [1.54, 1.807) is 0 Å². The number of imidazole rings is 1. The van der Waals surface area contributed by atoms with Crippen molar-refractivity contribution >= 4 is 11.0 Å². The minimum atomic E-state index is 0.630. The molecule has 3 heteroatoms. The SMILES string of the molecule is C=CCn1c(C)[n+](COCCCCCCCC)c2ccccc21. The van der Waals surface area contributed by atoms with Crippen molar-refractivity contribution in [2.24, 2.45) is 0 Å². The van der Waals surface area contributed by atoms with Gasteiger partial charge in [0.1, 0.15) is 6.54 Å². The predicted molar refractivity (Wildman–Crippen MR) is 96.4 cm³/mol. The molecule has 1 aromatic heterocycles. The Kier molecular flexibility index (Phi) is 7.34. The molecule has 0 aliphatic carbocycles. The Hall–Kier alpha value is -1.61. The van der Waals surface area contributed by atoms with Gasteiger partial charge in [0, 0.05) is 6.92 Å². The lowest BCUT2D eigenvalue weighted by atomic mass is 10.1. The fraction of sp³-hybridized carbons (Fsp3) is 0.550. The van der Waals surface area contributed by atoms with E-state index in [4.69, 9.17) is 4.74 Å². The van der Waals surface area contributed by atoms with E-state index in [-0.39, 0.29) is 0 Å². The summed E-state index contributed by atoms with van der Waals surface area (Å²) in [5.41, 5.74) is 2.47. The molecule has 1 aromatic carbocycles. The zero-order valence-electron chi connectivity index (χ0n) is 14.8. The lowest BCUT2D eigenvalue weighted by molar-refractivity contribution is -0.715. The molecule has 0 spiro atoms. The normalized spacial score (nSPS) is 11.2. The van der Waals surface area contributed by atoms with Crippen LogP contribution in [0.1, 0.15) is 51.3 Å². The van der Waals surface area contributed by atoms with Crippen molar-refractivity contribution in [2.75, 3.05) is 6.61 Å². The molecule has 2 rings (SSSR count). The lowest BCUT2D eigenvalue weighted by Crippen LogP contribution is -2.38. The molecule has 0 saturated heterocycles. The lowest BCUT2D eigenvalue weighted by Gasteiger charge is -2.04. The van der Waals surface area contributed by atoms with Gasteiger partial charge in [0.05, 0.1) is 6.61 Å². The van der Waals surface area contributed by atoms with E-state index in [1.807, 2.05) is 6.08 Å². The Morgan fingerprint density at radius 1 is 1.13 bits per heavy atom. The first-order chi connectivity index (χ1) is 11.3. The van der Waals surface area contributed by atoms with Gasteiger partial charge in [0.25, 0.3) is 5.82 Å². The Labute approximate surface area is 140 Å². The third-order valence-corrected chi connectivity index (χ3v) is 4.42. The first-order valence-electron chi connectivity index (χ1n) is 8.96. The van der Waals surface area contributed by atoms with Crippen molar-refractivity contribution in [1.29, 1.82) is 0 Å². The van der Waals surface area contributed by atoms with Crippen molar-refractivity contribution < 1.29 is 9.30 Å². The van der Waals surface area contributed by atoms with Crippen LogP contribution in [0.5, 0.6) is 0 Å². The van der Waals surface area contributed by atoms with Crippen LogP contribution in [-0.4, -0.2) is 11.2 Å². The van der Waals surface area contributed by atoms with E-state index in [9.17, 15) is 0 Å². The summed E-state index contributed by atoms with van der Waals surface area (Å²) in [6, 6.07) is 8.50. The number of aromatic nitrogens is 2. The molecule has 0 bridgehead atoms. The Morgan fingerprint density at radius 2 is 1.87 bits per heavy atom. The second-order valence-corrected chi connectivity index (χ2v) is 6.17. The molecule has 0 N–H and O–H groups in total. The van der Waals surface area contributed by atoms with Crippen LogP contribution in [0, 0.1) is 6.92 Å².